The quantitative estimate of drug-likeness (QED) is 0.208. The summed E-state index contributed by atoms with van der Waals surface area (Å²) in [5, 5.41) is 7.56. The monoisotopic (exact) mass is 621 g/mol. The van der Waals surface area contributed by atoms with Crippen molar-refractivity contribution in [2.45, 2.75) is 44.0 Å². The maximum absolute atomic E-state index is 13.1. The van der Waals surface area contributed by atoms with Gasteiger partial charge in [0.2, 0.25) is 0 Å². The lowest BCUT2D eigenvalue weighted by Crippen LogP contribution is -2.48. The number of aromatic nitrogens is 2. The summed E-state index contributed by atoms with van der Waals surface area (Å²) in [5.74, 6) is 0.0304. The molecule has 44 heavy (non-hydrogen) atoms. The molecule has 15 heteroatoms. The lowest BCUT2D eigenvalue weighted by molar-refractivity contribution is -0.461. The fourth-order valence-electron chi connectivity index (χ4n) is 5.44. The summed E-state index contributed by atoms with van der Waals surface area (Å²) in [6.45, 7) is 9.21. The van der Waals surface area contributed by atoms with E-state index in [-0.39, 0.29) is 36.9 Å². The number of piperidine rings is 1. The zero-order valence-electron chi connectivity index (χ0n) is 24.6. The molecule has 0 radical (unpaired) electrons. The van der Waals surface area contributed by atoms with Gasteiger partial charge in [-0.15, -0.1) is 0 Å². The SMILES string of the molecule is C=NCC1(OC(=O)N2CCC(Cn3cc4c(OCC(F)(F)F)c(C(=O)NCCOCC5CC5)ccc4n3)CC2)C[N-][N+](=C)C1. The van der Waals surface area contributed by atoms with Gasteiger partial charge in [-0.3, -0.25) is 19.2 Å². The average Bonchev–Trinajstić information content (AvgIpc) is 3.60. The number of aliphatic imine (C=N–C) groups is 1. The molecule has 0 spiro atoms. The minimum atomic E-state index is -4.58. The Morgan fingerprint density at radius 1 is 1.20 bits per heavy atom. The smallest absolute Gasteiger partial charge is 0.422 e. The second kappa shape index (κ2) is 13.4. The summed E-state index contributed by atoms with van der Waals surface area (Å²) in [7, 11) is 0. The molecular weight excluding hydrogens is 583 g/mol. The summed E-state index contributed by atoms with van der Waals surface area (Å²) in [4.78, 5) is 31.4. The number of hydrogen-bond acceptors (Lipinski definition) is 7. The highest BCUT2D eigenvalue weighted by Gasteiger charge is 2.41. The fraction of sp³-hybridized carbons (Fsp3) is 0.621. The van der Waals surface area contributed by atoms with E-state index >= 15 is 0 Å². The molecule has 1 unspecified atom stereocenters. The van der Waals surface area contributed by atoms with Gasteiger partial charge in [-0.2, -0.15) is 18.3 Å². The normalized spacial score (nSPS) is 20.9. The Hall–Kier alpha value is -3.88. The summed E-state index contributed by atoms with van der Waals surface area (Å²) >= 11 is 0. The van der Waals surface area contributed by atoms with Crippen molar-refractivity contribution in [2.24, 2.45) is 16.8 Å². The Morgan fingerprint density at radius 3 is 2.64 bits per heavy atom. The zero-order chi connectivity index (χ0) is 31.3. The van der Waals surface area contributed by atoms with Crippen LogP contribution < -0.4 is 10.1 Å². The summed E-state index contributed by atoms with van der Waals surface area (Å²) in [5.41, 5.74) is 3.72. The molecule has 2 saturated heterocycles. The van der Waals surface area contributed by atoms with Crippen molar-refractivity contribution in [3.8, 4) is 5.75 Å². The van der Waals surface area contributed by atoms with E-state index < -0.39 is 30.4 Å². The Bertz CT molecular complexity index is 1370. The summed E-state index contributed by atoms with van der Waals surface area (Å²) < 4.78 is 59.0. The molecule has 240 valence electrons. The highest BCUT2D eigenvalue weighted by Crippen LogP contribution is 2.33. The fourth-order valence-corrected chi connectivity index (χ4v) is 5.44. The van der Waals surface area contributed by atoms with E-state index in [0.717, 1.165) is 12.8 Å². The minimum absolute atomic E-state index is 0.00298. The van der Waals surface area contributed by atoms with Crippen LogP contribution in [0, 0.1) is 11.8 Å². The van der Waals surface area contributed by atoms with Crippen molar-refractivity contribution in [3.05, 3.63) is 29.3 Å². The standard InChI is InChI=1S/C29H38F3N7O5/c1-33-16-28(17-35-37(2)18-28)44-27(41)38-10-7-20(8-11-38)13-39-14-23-24(36-39)6-5-22(25(23)43-19-29(30,31)32)26(40)34-9-12-42-15-21-3-4-21/h5-6,14,20-21H,1-4,7-13,15-19H2,(H,34,40). The van der Waals surface area contributed by atoms with Gasteiger partial charge in [0.15, 0.2) is 18.8 Å². The Labute approximate surface area is 253 Å². The van der Waals surface area contributed by atoms with Crippen LogP contribution in [0.25, 0.3) is 16.3 Å². The van der Waals surface area contributed by atoms with E-state index in [1.807, 2.05) is 0 Å². The average molecular weight is 622 g/mol. The van der Waals surface area contributed by atoms with Crippen molar-refractivity contribution < 1.29 is 41.7 Å². The molecule has 5 rings (SSSR count). The predicted octanol–water partition coefficient (Wildman–Crippen LogP) is 3.44. The molecule has 0 bridgehead atoms. The van der Waals surface area contributed by atoms with Gasteiger partial charge in [0.05, 0.1) is 29.6 Å². The third-order valence-electron chi connectivity index (χ3n) is 7.95. The van der Waals surface area contributed by atoms with Crippen molar-refractivity contribution >= 4 is 36.3 Å². The van der Waals surface area contributed by atoms with Gasteiger partial charge < -0.3 is 29.9 Å². The second-order valence-corrected chi connectivity index (χ2v) is 11.7. The van der Waals surface area contributed by atoms with Gasteiger partial charge in [-0.25, -0.2) is 4.79 Å². The molecule has 2 aliphatic heterocycles. The third-order valence-corrected chi connectivity index (χ3v) is 7.95. The molecular formula is C29H38F3N7O5. The Balaban J connectivity index is 1.20. The van der Waals surface area contributed by atoms with E-state index in [1.165, 1.54) is 10.8 Å². The largest absolute Gasteiger partial charge is 0.483 e. The first-order chi connectivity index (χ1) is 21.0. The third kappa shape index (κ3) is 8.18. The number of likely N-dealkylation sites (tertiary alicyclic amines) is 1. The van der Waals surface area contributed by atoms with E-state index in [0.29, 0.717) is 69.1 Å². The summed E-state index contributed by atoms with van der Waals surface area (Å²) in [6.07, 6.45) is 0.243. The van der Waals surface area contributed by atoms with Gasteiger partial charge in [-0.05, 0) is 62.9 Å². The number of rotatable bonds is 13. The molecule has 3 aliphatic rings. The molecule has 1 aromatic heterocycles. The van der Waals surface area contributed by atoms with Crippen molar-refractivity contribution in [1.82, 2.24) is 20.0 Å². The molecule has 1 atom stereocenters. The van der Waals surface area contributed by atoms with Crippen molar-refractivity contribution in [3.63, 3.8) is 0 Å². The number of carbonyl (C=O) groups is 2. The number of alkyl halides is 3. The van der Waals surface area contributed by atoms with Gasteiger partial charge in [0, 0.05) is 39.0 Å². The van der Waals surface area contributed by atoms with Gasteiger partial charge in [0.1, 0.15) is 12.5 Å². The Morgan fingerprint density at radius 2 is 1.98 bits per heavy atom. The molecule has 1 aliphatic carbocycles. The zero-order valence-corrected chi connectivity index (χ0v) is 24.6. The number of ether oxygens (including phenoxy) is 3. The van der Waals surface area contributed by atoms with Crippen LogP contribution in [-0.2, 0) is 16.0 Å². The van der Waals surface area contributed by atoms with Crippen LogP contribution in [-0.4, -0.2) is 116 Å². The number of carbonyl (C=O) groups excluding carboxylic acids is 2. The number of nitrogens with one attached hydrogen (secondary N) is 1. The first kappa shape index (κ1) is 31.5. The maximum Gasteiger partial charge on any atom is 0.422 e. The van der Waals surface area contributed by atoms with Crippen molar-refractivity contribution in [1.29, 1.82) is 0 Å². The molecule has 1 saturated carbocycles. The first-order valence-electron chi connectivity index (χ1n) is 14.8. The highest BCUT2D eigenvalue weighted by atomic mass is 19.4. The molecule has 3 fully saturated rings. The van der Waals surface area contributed by atoms with Crippen LogP contribution in [0.15, 0.2) is 23.3 Å². The highest BCUT2D eigenvalue weighted by molar-refractivity contribution is 6.03. The maximum atomic E-state index is 13.1. The lowest BCUT2D eigenvalue weighted by Gasteiger charge is -2.34. The van der Waals surface area contributed by atoms with E-state index in [9.17, 15) is 22.8 Å². The molecule has 1 N–H and O–H groups in total. The number of nitrogens with zero attached hydrogens (tertiary/aromatic N) is 6. The topological polar surface area (TPSA) is 124 Å². The number of amides is 2. The van der Waals surface area contributed by atoms with Crippen LogP contribution >= 0.6 is 0 Å². The minimum Gasteiger partial charge on any atom is -0.483 e. The van der Waals surface area contributed by atoms with Gasteiger partial charge in [0.25, 0.3) is 5.91 Å². The predicted molar refractivity (Wildman–Crippen MR) is 156 cm³/mol. The van der Waals surface area contributed by atoms with Gasteiger partial charge >= 0.3 is 12.3 Å². The molecule has 12 nitrogen and oxygen atoms in total. The van der Waals surface area contributed by atoms with Crippen molar-refractivity contribution in [2.75, 3.05) is 59.1 Å². The number of fused-ring (bicyclic) bond motifs is 1. The molecule has 2 aromatic rings. The number of hydrogen-bond donors (Lipinski definition) is 1. The number of halogens is 3. The number of benzene rings is 1. The molecule has 3 heterocycles. The van der Waals surface area contributed by atoms with Crippen LogP contribution in [0.3, 0.4) is 0 Å². The van der Waals surface area contributed by atoms with Crippen LogP contribution in [0.1, 0.15) is 36.0 Å². The van der Waals surface area contributed by atoms with E-state index in [1.54, 1.807) is 21.8 Å². The second-order valence-electron chi connectivity index (χ2n) is 11.7. The molecule has 1 aromatic carbocycles. The first-order valence-corrected chi connectivity index (χ1v) is 14.8. The van der Waals surface area contributed by atoms with Gasteiger partial charge in [-0.1, -0.05) is 0 Å². The van der Waals surface area contributed by atoms with E-state index in [4.69, 9.17) is 14.2 Å². The lowest BCUT2D eigenvalue weighted by atomic mass is 9.97. The van der Waals surface area contributed by atoms with E-state index in [2.05, 4.69) is 34.3 Å². The Kier molecular flexibility index (Phi) is 9.61. The van der Waals surface area contributed by atoms with Crippen LogP contribution in [0.2, 0.25) is 0 Å². The van der Waals surface area contributed by atoms with Crippen LogP contribution in [0.4, 0.5) is 18.0 Å². The van der Waals surface area contributed by atoms with Crippen LogP contribution in [0.5, 0.6) is 5.75 Å². The summed E-state index contributed by atoms with van der Waals surface area (Å²) in [6, 6.07) is 3.02. The molecule has 2 amide bonds.